The molecule has 0 aliphatic heterocycles. The predicted octanol–water partition coefficient (Wildman–Crippen LogP) is 5.10. The number of ether oxygens (including phenoxy) is 1. The number of nitrogens with one attached hydrogen (secondary N) is 1. The number of sulfone groups is 1. The maximum atomic E-state index is 12.2. The monoisotopic (exact) mass is 533 g/mol. The van der Waals surface area contributed by atoms with Crippen LogP contribution >= 0.6 is 15.9 Å². The minimum Gasteiger partial charge on any atom is -0.487 e. The van der Waals surface area contributed by atoms with Crippen molar-refractivity contribution in [3.8, 4) is 5.75 Å². The lowest BCUT2D eigenvalue weighted by Gasteiger charge is -2.27. The van der Waals surface area contributed by atoms with Crippen LogP contribution in [0.25, 0.3) is 10.9 Å². The quantitative estimate of drug-likeness (QED) is 0.454. The molecule has 0 bridgehead atoms. The number of nitrogens with zero attached hydrogens (tertiary/aromatic N) is 2. The average Bonchev–Trinajstić information content (AvgIpc) is 2.76. The summed E-state index contributed by atoms with van der Waals surface area (Å²) in [7, 11) is -3.30. The highest BCUT2D eigenvalue weighted by Crippen LogP contribution is 2.36. The van der Waals surface area contributed by atoms with Gasteiger partial charge < -0.3 is 15.2 Å². The molecule has 1 aliphatic rings. The Labute approximate surface area is 202 Å². The molecule has 0 spiro atoms. The number of hydrogen-bond acceptors (Lipinski definition) is 7. The molecule has 1 saturated carbocycles. The van der Waals surface area contributed by atoms with Crippen LogP contribution in [0.1, 0.15) is 45.1 Å². The molecule has 0 radical (unpaired) electrons. The first kappa shape index (κ1) is 23.9. The summed E-state index contributed by atoms with van der Waals surface area (Å²) in [5, 5.41) is 13.8. The van der Waals surface area contributed by atoms with Gasteiger partial charge >= 0.3 is 0 Å². The van der Waals surface area contributed by atoms with Gasteiger partial charge in [-0.1, -0.05) is 12.1 Å². The van der Waals surface area contributed by atoms with Crippen LogP contribution < -0.4 is 10.1 Å². The summed E-state index contributed by atoms with van der Waals surface area (Å²) in [6.45, 7) is 3.39. The highest BCUT2D eigenvalue weighted by molar-refractivity contribution is 9.10. The molecule has 1 aromatic heterocycles. The topological polar surface area (TPSA) is 101 Å². The molecular formula is C24H28BrN3O4S. The molecule has 1 aliphatic carbocycles. The van der Waals surface area contributed by atoms with E-state index in [1.54, 1.807) is 32.2 Å². The van der Waals surface area contributed by atoms with Gasteiger partial charge in [0.1, 0.15) is 5.52 Å². The van der Waals surface area contributed by atoms with Crippen LogP contribution in [-0.2, 0) is 14.6 Å². The Hall–Kier alpha value is -2.23. The molecule has 176 valence electrons. The van der Waals surface area contributed by atoms with Gasteiger partial charge in [0.05, 0.1) is 21.4 Å². The zero-order valence-electron chi connectivity index (χ0n) is 18.9. The van der Waals surface area contributed by atoms with Crippen LogP contribution in [0.3, 0.4) is 0 Å². The lowest BCUT2D eigenvalue weighted by atomic mass is 9.95. The highest BCUT2D eigenvalue weighted by Gasteiger charge is 2.32. The van der Waals surface area contributed by atoms with Gasteiger partial charge in [0, 0.05) is 23.5 Å². The van der Waals surface area contributed by atoms with Crippen LogP contribution in [0.2, 0.25) is 0 Å². The second kappa shape index (κ2) is 9.19. The lowest BCUT2D eigenvalue weighted by molar-refractivity contribution is 0.0669. The largest absolute Gasteiger partial charge is 0.487 e. The fourth-order valence-electron chi connectivity index (χ4n) is 3.86. The third-order valence-corrected chi connectivity index (χ3v) is 9.04. The molecule has 33 heavy (non-hydrogen) atoms. The van der Waals surface area contributed by atoms with Gasteiger partial charge in [-0.25, -0.2) is 18.4 Å². The van der Waals surface area contributed by atoms with Crippen molar-refractivity contribution >= 4 is 48.3 Å². The smallest absolute Gasteiger partial charge is 0.227 e. The minimum atomic E-state index is -3.30. The summed E-state index contributed by atoms with van der Waals surface area (Å²) in [5.41, 5.74) is 2.06. The number of halogens is 1. The normalized spacial score (nSPS) is 19.4. The van der Waals surface area contributed by atoms with Crippen LogP contribution in [0.5, 0.6) is 5.75 Å². The molecule has 1 fully saturated rings. The first-order valence-electron chi connectivity index (χ1n) is 10.9. The summed E-state index contributed by atoms with van der Waals surface area (Å²) in [5.74, 6) is 1.05. The molecule has 0 unspecified atom stereocenters. The van der Waals surface area contributed by atoms with Crippen LogP contribution in [-0.4, -0.2) is 42.0 Å². The van der Waals surface area contributed by atoms with Crippen molar-refractivity contribution in [1.82, 2.24) is 9.97 Å². The van der Waals surface area contributed by atoms with Gasteiger partial charge in [0.15, 0.2) is 15.6 Å². The fraction of sp³-hybridized carbons (Fsp3) is 0.417. The molecule has 0 amide bonds. The van der Waals surface area contributed by atoms with Crippen LogP contribution in [0.15, 0.2) is 47.1 Å². The van der Waals surface area contributed by atoms with Gasteiger partial charge in [-0.05, 0) is 85.3 Å². The highest BCUT2D eigenvalue weighted by atomic mass is 79.9. The first-order valence-corrected chi connectivity index (χ1v) is 13.6. The van der Waals surface area contributed by atoms with E-state index in [-0.39, 0.29) is 12.2 Å². The maximum Gasteiger partial charge on any atom is 0.227 e. The Balaban J connectivity index is 1.64. The van der Waals surface area contributed by atoms with Crippen molar-refractivity contribution in [2.45, 2.75) is 56.5 Å². The van der Waals surface area contributed by atoms with E-state index in [0.29, 0.717) is 28.5 Å². The standard InChI is InChI=1S/C24H28BrN3O4S/c1-24(2,33(3,30)31)16-5-4-6-17(13-16)27-23-26-14-15-7-12-20(25)22(21(15)28-23)32-19-10-8-18(29)9-11-19/h4-7,12-14,18-19,29H,8-11H2,1-3H3,(H,26,27,28)/t18-,19+. The molecule has 7 nitrogen and oxygen atoms in total. The van der Waals surface area contributed by atoms with Crippen LogP contribution in [0, 0.1) is 0 Å². The van der Waals surface area contributed by atoms with Crippen molar-refractivity contribution in [2.75, 3.05) is 11.6 Å². The maximum absolute atomic E-state index is 12.2. The number of rotatable bonds is 6. The SMILES string of the molecule is CC(C)(c1cccc(Nc2ncc3ccc(Br)c(O[C@H]4CC[C@@H](O)CC4)c3n2)c1)S(C)(=O)=O. The number of aliphatic hydroxyl groups excluding tert-OH is 1. The molecule has 1 heterocycles. The molecule has 3 aromatic rings. The second-order valence-corrected chi connectivity index (χ2v) is 12.5. The predicted molar refractivity (Wildman–Crippen MR) is 134 cm³/mol. The van der Waals surface area contributed by atoms with E-state index in [0.717, 1.165) is 35.5 Å². The van der Waals surface area contributed by atoms with Gasteiger partial charge in [-0.3, -0.25) is 0 Å². The van der Waals surface area contributed by atoms with E-state index in [1.165, 1.54) is 6.26 Å². The third-order valence-electron chi connectivity index (χ3n) is 6.33. The summed E-state index contributed by atoms with van der Waals surface area (Å²) in [4.78, 5) is 9.13. The van der Waals surface area contributed by atoms with E-state index >= 15 is 0 Å². The van der Waals surface area contributed by atoms with E-state index in [9.17, 15) is 13.5 Å². The number of fused-ring (bicyclic) bond motifs is 1. The van der Waals surface area contributed by atoms with Crippen molar-refractivity contribution in [1.29, 1.82) is 0 Å². The Morgan fingerprint density at radius 3 is 2.58 bits per heavy atom. The molecule has 4 rings (SSSR count). The Bertz CT molecular complexity index is 1270. The van der Waals surface area contributed by atoms with Gasteiger partial charge in [0.25, 0.3) is 0 Å². The molecule has 0 saturated heterocycles. The van der Waals surface area contributed by atoms with E-state index in [2.05, 4.69) is 26.2 Å². The molecular weight excluding hydrogens is 506 g/mol. The summed E-state index contributed by atoms with van der Waals surface area (Å²) in [6.07, 6.45) is 5.81. The van der Waals surface area contributed by atoms with Crippen LogP contribution in [0.4, 0.5) is 11.6 Å². The van der Waals surface area contributed by atoms with Gasteiger partial charge in [0.2, 0.25) is 5.95 Å². The zero-order chi connectivity index (χ0) is 23.8. The zero-order valence-corrected chi connectivity index (χ0v) is 21.3. The molecule has 0 atom stereocenters. The summed E-state index contributed by atoms with van der Waals surface area (Å²) in [6, 6.07) is 11.1. The molecule has 2 N–H and O–H groups in total. The molecule has 9 heteroatoms. The third kappa shape index (κ3) is 5.15. The minimum absolute atomic E-state index is 0.0246. The number of aromatic nitrogens is 2. The number of anilines is 2. The number of benzene rings is 2. The number of aliphatic hydroxyl groups is 1. The van der Waals surface area contributed by atoms with Crippen molar-refractivity contribution in [3.63, 3.8) is 0 Å². The lowest BCUT2D eigenvalue weighted by Crippen LogP contribution is -2.28. The number of hydrogen-bond donors (Lipinski definition) is 2. The Kier molecular flexibility index (Phi) is 6.66. The fourth-order valence-corrected chi connectivity index (χ4v) is 4.83. The van der Waals surface area contributed by atoms with Crippen molar-refractivity contribution in [2.24, 2.45) is 0 Å². The van der Waals surface area contributed by atoms with Crippen molar-refractivity contribution in [3.05, 3.63) is 52.6 Å². The van der Waals surface area contributed by atoms with Gasteiger partial charge in [-0.15, -0.1) is 0 Å². The Morgan fingerprint density at radius 1 is 1.15 bits per heavy atom. The summed E-state index contributed by atoms with van der Waals surface area (Å²) >= 11 is 3.59. The van der Waals surface area contributed by atoms with Crippen molar-refractivity contribution < 1.29 is 18.3 Å². The van der Waals surface area contributed by atoms with E-state index in [1.807, 2.05) is 24.3 Å². The van der Waals surface area contributed by atoms with Gasteiger partial charge in [-0.2, -0.15) is 0 Å². The average molecular weight is 534 g/mol. The second-order valence-electron chi connectivity index (χ2n) is 9.04. The first-order chi connectivity index (χ1) is 15.5. The Morgan fingerprint density at radius 2 is 1.88 bits per heavy atom. The molecule has 2 aromatic carbocycles. The summed E-state index contributed by atoms with van der Waals surface area (Å²) < 4.78 is 30.6. The van der Waals surface area contributed by atoms with E-state index in [4.69, 9.17) is 9.72 Å². The van der Waals surface area contributed by atoms with E-state index < -0.39 is 14.6 Å².